The minimum atomic E-state index is -0.472. The van der Waals surface area contributed by atoms with Crippen LogP contribution in [0.2, 0.25) is 0 Å². The number of likely N-dealkylation sites (tertiary alicyclic amines) is 1. The maximum Gasteiger partial charge on any atom is 0.410 e. The molecule has 1 N–H and O–H groups in total. The number of hydrogen-bond donors (Lipinski definition) is 1. The van der Waals surface area contributed by atoms with Crippen molar-refractivity contribution < 1.29 is 18.7 Å². The minimum Gasteiger partial charge on any atom is -0.441 e. The molecule has 0 radical (unpaired) electrons. The average molecular weight is 373 g/mol. The van der Waals surface area contributed by atoms with Crippen LogP contribution >= 0.6 is 0 Å². The van der Waals surface area contributed by atoms with E-state index in [0.29, 0.717) is 31.6 Å². The summed E-state index contributed by atoms with van der Waals surface area (Å²) in [6, 6.07) is 4.92. The zero-order valence-corrected chi connectivity index (χ0v) is 15.7. The van der Waals surface area contributed by atoms with E-state index in [4.69, 9.17) is 4.74 Å². The number of nitrogens with zero attached hydrogens (tertiary/aromatic N) is 2. The fourth-order valence-electron chi connectivity index (χ4n) is 4.33. The van der Waals surface area contributed by atoms with E-state index in [-0.39, 0.29) is 24.2 Å². The summed E-state index contributed by atoms with van der Waals surface area (Å²) in [4.78, 5) is 31.2. The molecule has 3 heterocycles. The van der Waals surface area contributed by atoms with Crippen molar-refractivity contribution in [2.45, 2.75) is 38.2 Å². The lowest BCUT2D eigenvalue weighted by Gasteiger charge is -2.25. The molecule has 1 unspecified atom stereocenters. The second kappa shape index (κ2) is 6.55. The van der Waals surface area contributed by atoms with Crippen LogP contribution < -0.4 is 0 Å². The number of carbonyl (C=O) groups is 2. The number of H-pyrrole nitrogens is 1. The largest absolute Gasteiger partial charge is 0.441 e. The van der Waals surface area contributed by atoms with Gasteiger partial charge in [-0.2, -0.15) is 0 Å². The molecule has 7 heteroatoms. The Balaban J connectivity index is 1.49. The van der Waals surface area contributed by atoms with Crippen LogP contribution in [0.5, 0.6) is 0 Å². The molecule has 6 nitrogen and oxygen atoms in total. The molecule has 0 aliphatic carbocycles. The first-order valence-corrected chi connectivity index (χ1v) is 9.36. The summed E-state index contributed by atoms with van der Waals surface area (Å²) < 4.78 is 19.6. The molecule has 2 aromatic rings. The van der Waals surface area contributed by atoms with Crippen LogP contribution in [0.15, 0.2) is 18.2 Å². The van der Waals surface area contributed by atoms with Gasteiger partial charge in [-0.05, 0) is 31.4 Å². The van der Waals surface area contributed by atoms with Crippen LogP contribution in [-0.2, 0) is 16.0 Å². The second-order valence-electron chi connectivity index (χ2n) is 7.71. The number of aryl methyl sites for hydroxylation is 1. The van der Waals surface area contributed by atoms with Gasteiger partial charge in [0, 0.05) is 37.6 Å². The molecule has 27 heavy (non-hydrogen) atoms. The van der Waals surface area contributed by atoms with Gasteiger partial charge in [0.15, 0.2) is 0 Å². The lowest BCUT2D eigenvalue weighted by molar-refractivity contribution is -0.130. The fraction of sp³-hybridized carbons (Fsp3) is 0.500. The molecule has 0 bridgehead atoms. The number of amides is 2. The summed E-state index contributed by atoms with van der Waals surface area (Å²) >= 11 is 0. The highest BCUT2D eigenvalue weighted by Gasteiger charge is 2.44. The molecule has 1 atom stereocenters. The summed E-state index contributed by atoms with van der Waals surface area (Å²) in [6.07, 6.45) is 2.17. The minimum absolute atomic E-state index is 0.0259. The zero-order chi connectivity index (χ0) is 19.2. The molecular weight excluding hydrogens is 349 g/mol. The Morgan fingerprint density at radius 3 is 2.89 bits per heavy atom. The van der Waals surface area contributed by atoms with Crippen molar-refractivity contribution in [3.05, 3.63) is 35.3 Å². The molecule has 1 aromatic heterocycles. The first-order valence-electron chi connectivity index (χ1n) is 9.36. The van der Waals surface area contributed by atoms with E-state index in [1.54, 1.807) is 18.0 Å². The topological polar surface area (TPSA) is 65.6 Å². The van der Waals surface area contributed by atoms with E-state index >= 15 is 0 Å². The van der Waals surface area contributed by atoms with Crippen molar-refractivity contribution in [2.75, 3.05) is 26.7 Å². The number of para-hydroxylation sites is 1. The summed E-state index contributed by atoms with van der Waals surface area (Å²) in [5.74, 6) is -0.281. The Hall–Kier alpha value is -2.57. The Labute approximate surface area is 157 Å². The van der Waals surface area contributed by atoms with E-state index < -0.39 is 5.60 Å². The SMILES string of the molecule is Cc1[nH]c2c(F)cccc2c1CC(=O)N1CCCC2(CC1)CN(C)C(=O)O2. The number of carbonyl (C=O) groups excluding carboxylic acids is 2. The Kier molecular flexibility index (Phi) is 4.32. The van der Waals surface area contributed by atoms with Gasteiger partial charge in [-0.1, -0.05) is 12.1 Å². The fourth-order valence-corrected chi connectivity index (χ4v) is 4.33. The lowest BCUT2D eigenvalue weighted by atomic mass is 9.95. The Bertz CT molecular complexity index is 909. The molecule has 1 aromatic carbocycles. The van der Waals surface area contributed by atoms with Crippen LogP contribution in [0.1, 0.15) is 30.5 Å². The highest BCUT2D eigenvalue weighted by Crippen LogP contribution is 2.33. The predicted molar refractivity (Wildman–Crippen MR) is 99.0 cm³/mol. The molecule has 1 spiro atoms. The standard InChI is InChI=1S/C20H24FN3O3/c1-13-15(14-5-3-6-16(21)18(14)22-13)11-17(25)24-9-4-7-20(8-10-24)12-23(2)19(26)27-20/h3,5-6,22H,4,7-12H2,1-2H3. The number of halogens is 1. The number of rotatable bonds is 2. The quantitative estimate of drug-likeness (QED) is 0.880. The summed E-state index contributed by atoms with van der Waals surface area (Å²) in [5.41, 5.74) is 1.65. The maximum atomic E-state index is 14.0. The van der Waals surface area contributed by atoms with Gasteiger partial charge in [0.25, 0.3) is 0 Å². The summed E-state index contributed by atoms with van der Waals surface area (Å²) in [5, 5.41) is 0.762. The van der Waals surface area contributed by atoms with Gasteiger partial charge in [0.05, 0.1) is 18.5 Å². The van der Waals surface area contributed by atoms with Crippen molar-refractivity contribution >= 4 is 22.9 Å². The monoisotopic (exact) mass is 373 g/mol. The number of aromatic amines is 1. The number of benzene rings is 1. The van der Waals surface area contributed by atoms with Gasteiger partial charge in [-0.3, -0.25) is 4.79 Å². The number of ether oxygens (including phenoxy) is 1. The molecule has 2 aliphatic rings. The molecule has 4 rings (SSSR count). The highest BCUT2D eigenvalue weighted by atomic mass is 19.1. The predicted octanol–water partition coefficient (Wildman–Crippen LogP) is 2.99. The molecule has 0 saturated carbocycles. The van der Waals surface area contributed by atoms with Gasteiger partial charge in [0.1, 0.15) is 11.4 Å². The van der Waals surface area contributed by atoms with Crippen molar-refractivity contribution in [1.29, 1.82) is 0 Å². The second-order valence-corrected chi connectivity index (χ2v) is 7.71. The highest BCUT2D eigenvalue weighted by molar-refractivity contribution is 5.90. The third-order valence-corrected chi connectivity index (χ3v) is 5.82. The van der Waals surface area contributed by atoms with E-state index in [2.05, 4.69) is 4.98 Å². The van der Waals surface area contributed by atoms with Crippen LogP contribution in [0.25, 0.3) is 10.9 Å². The van der Waals surface area contributed by atoms with E-state index in [0.717, 1.165) is 29.5 Å². The van der Waals surface area contributed by atoms with Crippen molar-refractivity contribution in [3.63, 3.8) is 0 Å². The number of nitrogens with one attached hydrogen (secondary N) is 1. The third-order valence-electron chi connectivity index (χ3n) is 5.82. The number of likely N-dealkylation sites (N-methyl/N-ethyl adjacent to an activating group) is 1. The Morgan fingerprint density at radius 2 is 2.15 bits per heavy atom. The molecule has 2 saturated heterocycles. The Morgan fingerprint density at radius 1 is 1.33 bits per heavy atom. The van der Waals surface area contributed by atoms with Crippen LogP contribution in [-0.4, -0.2) is 59.1 Å². The van der Waals surface area contributed by atoms with Gasteiger partial charge in [-0.15, -0.1) is 0 Å². The van der Waals surface area contributed by atoms with Crippen LogP contribution in [0, 0.1) is 12.7 Å². The van der Waals surface area contributed by atoms with Gasteiger partial charge in [0.2, 0.25) is 5.91 Å². The van der Waals surface area contributed by atoms with Crippen molar-refractivity contribution in [3.8, 4) is 0 Å². The zero-order valence-electron chi connectivity index (χ0n) is 15.7. The molecule has 144 valence electrons. The van der Waals surface area contributed by atoms with E-state index in [1.165, 1.54) is 6.07 Å². The average Bonchev–Trinajstić information content (AvgIpc) is 2.99. The molecule has 2 amide bonds. The first-order chi connectivity index (χ1) is 12.9. The third kappa shape index (κ3) is 3.15. The van der Waals surface area contributed by atoms with Crippen molar-refractivity contribution in [2.24, 2.45) is 0 Å². The smallest absolute Gasteiger partial charge is 0.410 e. The van der Waals surface area contributed by atoms with E-state index in [9.17, 15) is 14.0 Å². The molecule has 2 fully saturated rings. The van der Waals surface area contributed by atoms with E-state index in [1.807, 2.05) is 17.9 Å². The van der Waals surface area contributed by atoms with Crippen molar-refractivity contribution in [1.82, 2.24) is 14.8 Å². The summed E-state index contributed by atoms with van der Waals surface area (Å²) in [7, 11) is 1.74. The van der Waals surface area contributed by atoms with Gasteiger partial charge >= 0.3 is 6.09 Å². The lowest BCUT2D eigenvalue weighted by Crippen LogP contribution is -2.37. The normalized spacial score (nSPS) is 23.1. The number of aromatic nitrogens is 1. The number of fused-ring (bicyclic) bond motifs is 1. The van der Waals surface area contributed by atoms with Gasteiger partial charge in [-0.25, -0.2) is 9.18 Å². The first kappa shape index (κ1) is 17.8. The molecule has 2 aliphatic heterocycles. The number of hydrogen-bond acceptors (Lipinski definition) is 3. The van der Waals surface area contributed by atoms with Gasteiger partial charge < -0.3 is 19.5 Å². The molecular formula is C20H24FN3O3. The van der Waals surface area contributed by atoms with Crippen LogP contribution in [0.4, 0.5) is 9.18 Å². The maximum absolute atomic E-state index is 14.0. The summed E-state index contributed by atoms with van der Waals surface area (Å²) in [6.45, 7) is 3.66. The van der Waals surface area contributed by atoms with Crippen LogP contribution in [0.3, 0.4) is 0 Å².